The van der Waals surface area contributed by atoms with Crippen molar-refractivity contribution in [3.63, 3.8) is 0 Å². The molecule has 0 radical (unpaired) electrons. The third-order valence-corrected chi connectivity index (χ3v) is 3.28. The van der Waals surface area contributed by atoms with E-state index in [9.17, 15) is 0 Å². The van der Waals surface area contributed by atoms with E-state index < -0.39 is 0 Å². The fourth-order valence-corrected chi connectivity index (χ4v) is 2.47. The lowest BCUT2D eigenvalue weighted by atomic mass is 10.1. The fraction of sp³-hybridized carbons (Fsp3) is 0.600. The number of hydrogen-bond donors (Lipinski definition) is 1. The van der Waals surface area contributed by atoms with Crippen LogP contribution in [0.5, 0.6) is 0 Å². The van der Waals surface area contributed by atoms with Gasteiger partial charge < -0.3 is 0 Å². The summed E-state index contributed by atoms with van der Waals surface area (Å²) in [5.74, 6) is 5.77. The standard InChI is InChI=1S/C10H14Cl2N4O/c11-9-14-8(16(17-13)10(12)15-9)7-5-3-1-2-4-6-7/h1-6,13H2. The van der Waals surface area contributed by atoms with Crippen molar-refractivity contribution in [2.24, 2.45) is 15.9 Å². The molecule has 1 fully saturated rings. The largest absolute Gasteiger partial charge is 0.233 e. The van der Waals surface area contributed by atoms with Gasteiger partial charge in [-0.3, -0.25) is 0 Å². The monoisotopic (exact) mass is 276 g/mol. The topological polar surface area (TPSA) is 63.2 Å². The molecule has 1 saturated carbocycles. The summed E-state index contributed by atoms with van der Waals surface area (Å²) in [5.41, 5.74) is 1.17. The fourth-order valence-electron chi connectivity index (χ4n) is 2.06. The first-order valence-corrected chi connectivity index (χ1v) is 6.35. The summed E-state index contributed by atoms with van der Waals surface area (Å²) < 4.78 is 0. The maximum Gasteiger partial charge on any atom is 0.233 e. The van der Waals surface area contributed by atoms with Gasteiger partial charge in [0.2, 0.25) is 10.6 Å². The lowest BCUT2D eigenvalue weighted by Crippen LogP contribution is -2.33. The molecule has 0 amide bonds. The van der Waals surface area contributed by atoms with Gasteiger partial charge in [-0.15, -0.1) is 0 Å². The van der Waals surface area contributed by atoms with Crippen molar-refractivity contribution in [3.8, 4) is 0 Å². The average Bonchev–Trinajstić information content (AvgIpc) is 2.56. The molecule has 17 heavy (non-hydrogen) atoms. The van der Waals surface area contributed by atoms with E-state index in [1.54, 1.807) is 0 Å². The number of amidine groups is 2. The van der Waals surface area contributed by atoms with Crippen molar-refractivity contribution in [1.29, 1.82) is 0 Å². The molecule has 94 valence electrons. The minimum atomic E-state index is 0.0826. The lowest BCUT2D eigenvalue weighted by molar-refractivity contribution is -0.0752. The molecule has 7 heteroatoms. The summed E-state index contributed by atoms with van der Waals surface area (Å²) in [6.07, 6.45) is 6.68. The predicted molar refractivity (Wildman–Crippen MR) is 68.4 cm³/mol. The number of nitrogens with zero attached hydrogens (tertiary/aromatic N) is 3. The van der Waals surface area contributed by atoms with E-state index >= 15 is 0 Å². The number of aliphatic imine (C=N–C) groups is 2. The van der Waals surface area contributed by atoms with Crippen LogP contribution in [0.15, 0.2) is 21.4 Å². The van der Waals surface area contributed by atoms with Crippen molar-refractivity contribution in [2.45, 2.75) is 38.5 Å². The van der Waals surface area contributed by atoms with E-state index in [0.29, 0.717) is 5.82 Å². The third kappa shape index (κ3) is 2.98. The van der Waals surface area contributed by atoms with E-state index in [0.717, 1.165) is 25.7 Å². The van der Waals surface area contributed by atoms with Crippen LogP contribution in [0.25, 0.3) is 0 Å². The summed E-state index contributed by atoms with van der Waals surface area (Å²) in [6, 6.07) is 0. The molecule has 0 saturated heterocycles. The number of allylic oxidation sites excluding steroid dienone is 1. The molecule has 1 aliphatic heterocycles. The van der Waals surface area contributed by atoms with Gasteiger partial charge in [0, 0.05) is 0 Å². The zero-order valence-corrected chi connectivity index (χ0v) is 10.8. The van der Waals surface area contributed by atoms with Crippen molar-refractivity contribution < 1.29 is 4.94 Å². The summed E-state index contributed by atoms with van der Waals surface area (Å²) in [6.45, 7) is 0. The molecule has 1 heterocycles. The first kappa shape index (κ1) is 12.8. The van der Waals surface area contributed by atoms with Gasteiger partial charge in [-0.2, -0.15) is 25.9 Å². The number of hydroxylamine groups is 2. The van der Waals surface area contributed by atoms with Gasteiger partial charge in [0.15, 0.2) is 5.82 Å². The Morgan fingerprint density at radius 2 is 1.71 bits per heavy atom. The number of rotatable bonds is 1. The minimum Gasteiger partial charge on any atom is -0.198 e. The van der Waals surface area contributed by atoms with Crippen LogP contribution in [0, 0.1) is 0 Å². The van der Waals surface area contributed by atoms with Crippen molar-refractivity contribution in [2.75, 3.05) is 0 Å². The third-order valence-electron chi connectivity index (χ3n) is 2.87. The number of hydrogen-bond acceptors (Lipinski definition) is 5. The highest BCUT2D eigenvalue weighted by Crippen LogP contribution is 2.29. The molecule has 0 aromatic rings. The molecule has 1 aliphatic carbocycles. The van der Waals surface area contributed by atoms with Crippen LogP contribution in [-0.4, -0.2) is 15.7 Å². The quantitative estimate of drug-likeness (QED) is 0.455. The van der Waals surface area contributed by atoms with Crippen LogP contribution in [0.3, 0.4) is 0 Å². The summed E-state index contributed by atoms with van der Waals surface area (Å²) in [7, 11) is 0. The van der Waals surface area contributed by atoms with E-state index in [4.69, 9.17) is 34.0 Å². The highest BCUT2D eigenvalue weighted by molar-refractivity contribution is 6.71. The predicted octanol–water partition coefficient (Wildman–Crippen LogP) is 2.86. The van der Waals surface area contributed by atoms with Gasteiger partial charge in [-0.05, 0) is 54.5 Å². The molecular formula is C10H14Cl2N4O. The number of nitrogens with two attached hydrogens (primary N) is 1. The molecule has 0 atom stereocenters. The molecule has 0 bridgehead atoms. The zero-order chi connectivity index (χ0) is 12.3. The number of halogens is 2. The molecular weight excluding hydrogens is 263 g/mol. The highest BCUT2D eigenvalue weighted by atomic mass is 35.5. The van der Waals surface area contributed by atoms with Crippen LogP contribution in [0.1, 0.15) is 38.5 Å². The van der Waals surface area contributed by atoms with Crippen molar-refractivity contribution in [1.82, 2.24) is 5.06 Å². The molecule has 0 aromatic heterocycles. The van der Waals surface area contributed by atoms with Crippen LogP contribution in [-0.2, 0) is 4.94 Å². The van der Waals surface area contributed by atoms with Gasteiger partial charge in [0.1, 0.15) is 0 Å². The first-order chi connectivity index (χ1) is 8.22. The maximum atomic E-state index is 5.90. The first-order valence-electron chi connectivity index (χ1n) is 5.59. The molecule has 2 rings (SSSR count). The maximum absolute atomic E-state index is 5.90. The summed E-state index contributed by atoms with van der Waals surface area (Å²) in [5, 5.41) is 1.41. The average molecular weight is 277 g/mol. The Morgan fingerprint density at radius 3 is 2.29 bits per heavy atom. The van der Waals surface area contributed by atoms with Gasteiger partial charge in [-0.1, -0.05) is 12.8 Å². The zero-order valence-electron chi connectivity index (χ0n) is 9.33. The lowest BCUT2D eigenvalue weighted by Gasteiger charge is -2.23. The van der Waals surface area contributed by atoms with E-state index in [-0.39, 0.29) is 10.6 Å². The summed E-state index contributed by atoms with van der Waals surface area (Å²) in [4.78, 5) is 12.7. The minimum absolute atomic E-state index is 0.0826. The second-order valence-corrected chi connectivity index (χ2v) is 4.68. The van der Waals surface area contributed by atoms with E-state index in [1.807, 2.05) is 0 Å². The van der Waals surface area contributed by atoms with Crippen LogP contribution < -0.4 is 5.90 Å². The van der Waals surface area contributed by atoms with Gasteiger partial charge >= 0.3 is 0 Å². The second-order valence-electron chi connectivity index (χ2n) is 4.00. The Bertz CT molecular complexity index is 382. The smallest absolute Gasteiger partial charge is 0.198 e. The Labute approximate surface area is 110 Å². The van der Waals surface area contributed by atoms with Crippen molar-refractivity contribution in [3.05, 3.63) is 11.4 Å². The van der Waals surface area contributed by atoms with Crippen LogP contribution in [0.4, 0.5) is 0 Å². The molecule has 2 aliphatic rings. The molecule has 0 unspecified atom stereocenters. The Morgan fingerprint density at radius 1 is 1.06 bits per heavy atom. The van der Waals surface area contributed by atoms with Gasteiger partial charge in [-0.25, -0.2) is 0 Å². The van der Waals surface area contributed by atoms with Crippen LogP contribution in [0.2, 0.25) is 0 Å². The highest BCUT2D eigenvalue weighted by Gasteiger charge is 2.24. The Kier molecular flexibility index (Phi) is 4.39. The van der Waals surface area contributed by atoms with Crippen molar-refractivity contribution >= 4 is 33.8 Å². The molecule has 0 aromatic carbocycles. The second kappa shape index (κ2) is 5.82. The Balaban J connectivity index is 2.33. The molecule has 5 nitrogen and oxygen atoms in total. The van der Waals surface area contributed by atoms with Gasteiger partial charge in [0.25, 0.3) is 0 Å². The van der Waals surface area contributed by atoms with Crippen LogP contribution >= 0.6 is 23.2 Å². The Hall–Kier alpha value is -0.620. The normalized spacial score (nSPS) is 22.2. The molecule has 2 N–H and O–H groups in total. The summed E-state index contributed by atoms with van der Waals surface area (Å²) >= 11 is 11.7. The van der Waals surface area contributed by atoms with Gasteiger partial charge in [0.05, 0.1) is 0 Å². The van der Waals surface area contributed by atoms with E-state index in [2.05, 4.69) is 9.98 Å². The SMILES string of the molecule is NON1C(Cl)=NC(Cl)=NC1=C1CCCCCC1. The van der Waals surface area contributed by atoms with E-state index in [1.165, 1.54) is 23.5 Å². The molecule has 0 spiro atoms.